The van der Waals surface area contributed by atoms with Gasteiger partial charge in [0.25, 0.3) is 0 Å². The molecule has 2 unspecified atom stereocenters. The average molecular weight is 230 g/mol. The van der Waals surface area contributed by atoms with Gasteiger partial charge < -0.3 is 14.5 Å². The Morgan fingerprint density at radius 1 is 1.60 bits per heavy atom. The van der Waals surface area contributed by atoms with Crippen molar-refractivity contribution in [1.29, 1.82) is 0 Å². The van der Waals surface area contributed by atoms with Crippen LogP contribution in [-0.4, -0.2) is 20.3 Å². The summed E-state index contributed by atoms with van der Waals surface area (Å²) in [5.74, 6) is 0.485. The van der Waals surface area contributed by atoms with Crippen LogP contribution >= 0.6 is 11.6 Å². The molecular formula is C11H16ClNO2. The van der Waals surface area contributed by atoms with E-state index in [1.165, 1.54) is 6.42 Å². The summed E-state index contributed by atoms with van der Waals surface area (Å²) in [6.07, 6.45) is 3.93. The Morgan fingerprint density at radius 3 is 3.00 bits per heavy atom. The molecule has 0 aliphatic carbocycles. The zero-order valence-corrected chi connectivity index (χ0v) is 9.59. The van der Waals surface area contributed by atoms with E-state index in [1.807, 2.05) is 13.1 Å². The first kappa shape index (κ1) is 11.0. The molecule has 0 aromatic carbocycles. The van der Waals surface area contributed by atoms with Crippen LogP contribution in [0.2, 0.25) is 5.22 Å². The van der Waals surface area contributed by atoms with E-state index in [9.17, 15) is 0 Å². The van der Waals surface area contributed by atoms with Crippen LogP contribution < -0.4 is 5.32 Å². The highest BCUT2D eigenvalue weighted by Gasteiger charge is 2.26. The fourth-order valence-corrected chi connectivity index (χ4v) is 2.43. The molecular weight excluding hydrogens is 214 g/mol. The van der Waals surface area contributed by atoms with Crippen molar-refractivity contribution >= 4 is 11.6 Å². The fraction of sp³-hybridized carbons (Fsp3) is 0.636. The lowest BCUT2D eigenvalue weighted by Gasteiger charge is -2.29. The van der Waals surface area contributed by atoms with Gasteiger partial charge in [-0.3, -0.25) is 0 Å². The van der Waals surface area contributed by atoms with Crippen molar-refractivity contribution in [2.75, 3.05) is 20.3 Å². The van der Waals surface area contributed by atoms with Crippen LogP contribution in [0.25, 0.3) is 0 Å². The SMILES string of the molecule is CNC(c1ccoc1Cl)C1CCCOC1. The Labute approximate surface area is 94.7 Å². The zero-order chi connectivity index (χ0) is 10.7. The molecule has 1 fully saturated rings. The van der Waals surface area contributed by atoms with E-state index in [0.29, 0.717) is 11.1 Å². The van der Waals surface area contributed by atoms with E-state index in [4.69, 9.17) is 20.8 Å². The molecule has 1 N–H and O–H groups in total. The molecule has 2 heterocycles. The third-order valence-corrected chi connectivity index (χ3v) is 3.27. The molecule has 0 radical (unpaired) electrons. The van der Waals surface area contributed by atoms with Crippen LogP contribution in [0.3, 0.4) is 0 Å². The van der Waals surface area contributed by atoms with Crippen molar-refractivity contribution in [3.63, 3.8) is 0 Å². The van der Waals surface area contributed by atoms with Gasteiger partial charge in [0.2, 0.25) is 0 Å². The van der Waals surface area contributed by atoms with E-state index < -0.39 is 0 Å². The van der Waals surface area contributed by atoms with E-state index in [2.05, 4.69) is 5.32 Å². The Bertz CT molecular complexity index is 307. The van der Waals surface area contributed by atoms with Crippen molar-refractivity contribution in [2.24, 2.45) is 5.92 Å². The van der Waals surface area contributed by atoms with Gasteiger partial charge in [-0.15, -0.1) is 0 Å². The van der Waals surface area contributed by atoms with Gasteiger partial charge in [0.1, 0.15) is 0 Å². The molecule has 1 aromatic rings. The van der Waals surface area contributed by atoms with Gasteiger partial charge in [-0.2, -0.15) is 0 Å². The largest absolute Gasteiger partial charge is 0.453 e. The van der Waals surface area contributed by atoms with Crippen molar-refractivity contribution in [1.82, 2.24) is 5.32 Å². The Balaban J connectivity index is 2.12. The first-order valence-electron chi connectivity index (χ1n) is 5.31. The van der Waals surface area contributed by atoms with Crippen LogP contribution in [0.1, 0.15) is 24.4 Å². The highest BCUT2D eigenvalue weighted by atomic mass is 35.5. The molecule has 3 nitrogen and oxygen atoms in total. The van der Waals surface area contributed by atoms with Crippen molar-refractivity contribution < 1.29 is 9.15 Å². The number of hydrogen-bond acceptors (Lipinski definition) is 3. The first-order valence-corrected chi connectivity index (χ1v) is 5.68. The van der Waals surface area contributed by atoms with Gasteiger partial charge in [0.05, 0.1) is 12.9 Å². The van der Waals surface area contributed by atoms with Crippen molar-refractivity contribution in [3.8, 4) is 0 Å². The smallest absolute Gasteiger partial charge is 0.197 e. The molecule has 2 atom stereocenters. The maximum atomic E-state index is 5.99. The van der Waals surface area contributed by atoms with Crippen LogP contribution in [0.4, 0.5) is 0 Å². The zero-order valence-electron chi connectivity index (χ0n) is 8.83. The van der Waals surface area contributed by atoms with Crippen molar-refractivity contribution in [3.05, 3.63) is 23.1 Å². The van der Waals surface area contributed by atoms with E-state index in [-0.39, 0.29) is 6.04 Å². The van der Waals surface area contributed by atoms with Crippen LogP contribution in [-0.2, 0) is 4.74 Å². The van der Waals surface area contributed by atoms with Gasteiger partial charge in [-0.05, 0) is 37.6 Å². The second kappa shape index (κ2) is 5.01. The van der Waals surface area contributed by atoms with E-state index >= 15 is 0 Å². The second-order valence-corrected chi connectivity index (χ2v) is 4.24. The lowest BCUT2D eigenvalue weighted by atomic mass is 9.90. The predicted octanol–water partition coefficient (Wildman–Crippen LogP) is 2.62. The summed E-state index contributed by atoms with van der Waals surface area (Å²) in [6.45, 7) is 1.68. The average Bonchev–Trinajstić information content (AvgIpc) is 2.68. The summed E-state index contributed by atoms with van der Waals surface area (Å²) in [4.78, 5) is 0. The van der Waals surface area contributed by atoms with E-state index in [0.717, 1.165) is 25.2 Å². The molecule has 15 heavy (non-hydrogen) atoms. The molecule has 2 rings (SSSR count). The number of nitrogens with one attached hydrogen (secondary N) is 1. The highest BCUT2D eigenvalue weighted by Crippen LogP contribution is 2.33. The van der Waals surface area contributed by atoms with E-state index in [1.54, 1.807) is 6.26 Å². The Hall–Kier alpha value is -0.510. The molecule has 4 heteroatoms. The molecule has 1 aliphatic heterocycles. The minimum atomic E-state index is 0.233. The minimum absolute atomic E-state index is 0.233. The van der Waals surface area contributed by atoms with Gasteiger partial charge in [-0.25, -0.2) is 0 Å². The highest BCUT2D eigenvalue weighted by molar-refractivity contribution is 6.29. The van der Waals surface area contributed by atoms with Crippen LogP contribution in [0.5, 0.6) is 0 Å². The predicted molar refractivity (Wildman–Crippen MR) is 59.1 cm³/mol. The van der Waals surface area contributed by atoms with Crippen molar-refractivity contribution in [2.45, 2.75) is 18.9 Å². The molecule has 1 saturated heterocycles. The summed E-state index contributed by atoms with van der Waals surface area (Å²) < 4.78 is 10.6. The second-order valence-electron chi connectivity index (χ2n) is 3.89. The summed E-state index contributed by atoms with van der Waals surface area (Å²) in [7, 11) is 1.95. The molecule has 0 amide bonds. The minimum Gasteiger partial charge on any atom is -0.453 e. The third-order valence-electron chi connectivity index (χ3n) is 2.96. The normalized spacial score (nSPS) is 24.0. The lowest BCUT2D eigenvalue weighted by molar-refractivity contribution is 0.0401. The third kappa shape index (κ3) is 2.36. The summed E-state index contributed by atoms with van der Waals surface area (Å²) in [5, 5.41) is 3.78. The Kier molecular flexibility index (Phi) is 3.67. The molecule has 1 aliphatic rings. The fourth-order valence-electron chi connectivity index (χ4n) is 2.20. The molecule has 0 saturated carbocycles. The summed E-state index contributed by atoms with van der Waals surface area (Å²) in [6, 6.07) is 2.16. The van der Waals surface area contributed by atoms with Gasteiger partial charge in [-0.1, -0.05) is 0 Å². The monoisotopic (exact) mass is 229 g/mol. The van der Waals surface area contributed by atoms with Gasteiger partial charge >= 0.3 is 0 Å². The molecule has 84 valence electrons. The number of rotatable bonds is 3. The number of ether oxygens (including phenoxy) is 1. The number of halogens is 1. The molecule has 0 bridgehead atoms. The van der Waals surface area contributed by atoms with Crippen LogP contribution in [0, 0.1) is 5.92 Å². The summed E-state index contributed by atoms with van der Waals surface area (Å²) >= 11 is 5.99. The molecule has 0 spiro atoms. The van der Waals surface area contributed by atoms with Crippen LogP contribution in [0.15, 0.2) is 16.7 Å². The Morgan fingerprint density at radius 2 is 2.47 bits per heavy atom. The van der Waals surface area contributed by atoms with Gasteiger partial charge in [0, 0.05) is 24.1 Å². The molecule has 1 aromatic heterocycles. The summed E-state index contributed by atoms with van der Waals surface area (Å²) in [5.41, 5.74) is 1.04. The number of hydrogen-bond donors (Lipinski definition) is 1. The lowest BCUT2D eigenvalue weighted by Crippen LogP contribution is -2.31. The maximum Gasteiger partial charge on any atom is 0.197 e. The quantitative estimate of drug-likeness (QED) is 0.865. The number of furan rings is 1. The maximum absolute atomic E-state index is 5.99. The van der Waals surface area contributed by atoms with Gasteiger partial charge in [0.15, 0.2) is 5.22 Å². The first-order chi connectivity index (χ1) is 7.33. The topological polar surface area (TPSA) is 34.4 Å². The standard InChI is InChI=1S/C11H16ClNO2/c1-13-10(8-3-2-5-14-7-8)9-4-6-15-11(9)12/h4,6,8,10,13H,2-3,5,7H2,1H3.